The lowest BCUT2D eigenvalue weighted by Gasteiger charge is -2.30. The van der Waals surface area contributed by atoms with Crippen LogP contribution in [0.1, 0.15) is 52.9 Å². The van der Waals surface area contributed by atoms with Crippen LogP contribution in [0.3, 0.4) is 0 Å². The van der Waals surface area contributed by atoms with Crippen LogP contribution in [0, 0.1) is 12.3 Å². The predicted molar refractivity (Wildman–Crippen MR) is 97.5 cm³/mol. The highest BCUT2D eigenvalue weighted by molar-refractivity contribution is 14.1. The van der Waals surface area contributed by atoms with E-state index in [2.05, 4.69) is 61.4 Å². The number of halogens is 1. The normalized spacial score (nSPS) is 24.2. The molecule has 118 valence electrons. The Bertz CT molecular complexity index is 402. The summed E-state index contributed by atoms with van der Waals surface area (Å²) in [7, 11) is 0. The molecule has 0 N–H and O–H groups in total. The van der Waals surface area contributed by atoms with Crippen molar-refractivity contribution in [3.63, 3.8) is 0 Å². The van der Waals surface area contributed by atoms with Crippen molar-refractivity contribution in [1.29, 1.82) is 0 Å². The first kappa shape index (κ1) is 18.7. The van der Waals surface area contributed by atoms with Crippen molar-refractivity contribution in [1.82, 2.24) is 0 Å². The van der Waals surface area contributed by atoms with Gasteiger partial charge in [0.2, 0.25) is 0 Å². The van der Waals surface area contributed by atoms with Gasteiger partial charge < -0.3 is 9.47 Å². The number of ether oxygens (including phenoxy) is 2. The first-order valence-corrected chi connectivity index (χ1v) is 8.92. The molecular formula is C18H27IO2. The molecule has 1 rings (SSSR count). The van der Waals surface area contributed by atoms with Gasteiger partial charge in [0.1, 0.15) is 0 Å². The molecule has 0 radical (unpaired) electrons. The number of rotatable bonds is 7. The first-order chi connectivity index (χ1) is 10.0. The van der Waals surface area contributed by atoms with Crippen LogP contribution in [-0.2, 0) is 9.47 Å². The zero-order chi connectivity index (χ0) is 15.7. The van der Waals surface area contributed by atoms with E-state index in [4.69, 9.17) is 15.9 Å². The monoisotopic (exact) mass is 402 g/mol. The fraction of sp³-hybridized carbons (Fsp3) is 0.667. The Morgan fingerprint density at radius 1 is 1.48 bits per heavy atom. The molecule has 0 bridgehead atoms. The predicted octanol–water partition coefficient (Wildman–Crippen LogP) is 5.03. The van der Waals surface area contributed by atoms with Crippen molar-refractivity contribution in [3.05, 3.63) is 23.3 Å². The minimum Gasteiger partial charge on any atom is -0.352 e. The average Bonchev–Trinajstić information content (AvgIpc) is 2.41. The maximum Gasteiger partial charge on any atom is 0.170 e. The third-order valence-corrected chi connectivity index (χ3v) is 4.60. The van der Waals surface area contributed by atoms with Gasteiger partial charge >= 0.3 is 0 Å². The second-order valence-electron chi connectivity index (χ2n) is 5.81. The van der Waals surface area contributed by atoms with Crippen LogP contribution in [0.2, 0.25) is 0 Å². The molecule has 3 heteroatoms. The highest BCUT2D eigenvalue weighted by Crippen LogP contribution is 2.25. The Morgan fingerprint density at radius 2 is 2.24 bits per heavy atom. The summed E-state index contributed by atoms with van der Waals surface area (Å²) in [4.78, 5) is 0. The van der Waals surface area contributed by atoms with E-state index in [1.165, 1.54) is 11.1 Å². The fourth-order valence-corrected chi connectivity index (χ4v) is 3.08. The highest BCUT2D eigenvalue weighted by atomic mass is 127. The van der Waals surface area contributed by atoms with Crippen molar-refractivity contribution < 1.29 is 9.47 Å². The molecule has 0 spiro atoms. The van der Waals surface area contributed by atoms with Crippen molar-refractivity contribution in [3.8, 4) is 12.3 Å². The molecule has 1 aliphatic rings. The van der Waals surface area contributed by atoms with E-state index in [0.717, 1.165) is 32.3 Å². The van der Waals surface area contributed by atoms with Crippen molar-refractivity contribution in [2.24, 2.45) is 0 Å². The molecule has 1 aliphatic heterocycles. The van der Waals surface area contributed by atoms with Gasteiger partial charge in [-0.05, 0) is 46.5 Å². The summed E-state index contributed by atoms with van der Waals surface area (Å²) in [6.07, 6.45) is 14.7. The van der Waals surface area contributed by atoms with Crippen LogP contribution in [0.25, 0.3) is 0 Å². The van der Waals surface area contributed by atoms with Gasteiger partial charge in [0.25, 0.3) is 0 Å². The maximum atomic E-state index is 6.08. The summed E-state index contributed by atoms with van der Waals surface area (Å²) in [5, 5.41) is 0. The summed E-state index contributed by atoms with van der Waals surface area (Å²) >= 11 is 2.41. The van der Waals surface area contributed by atoms with Crippen LogP contribution in [0.5, 0.6) is 0 Å². The lowest BCUT2D eigenvalue weighted by atomic mass is 10.1. The highest BCUT2D eigenvalue weighted by Gasteiger charge is 2.26. The van der Waals surface area contributed by atoms with Crippen molar-refractivity contribution in [2.45, 2.75) is 69.2 Å². The van der Waals surface area contributed by atoms with Gasteiger partial charge in [0, 0.05) is 13.0 Å². The quantitative estimate of drug-likeness (QED) is 0.258. The fourth-order valence-electron chi connectivity index (χ4n) is 2.27. The van der Waals surface area contributed by atoms with E-state index >= 15 is 0 Å². The van der Waals surface area contributed by atoms with Gasteiger partial charge in [-0.3, -0.25) is 0 Å². The molecule has 3 atom stereocenters. The summed E-state index contributed by atoms with van der Waals surface area (Å²) in [5.41, 5.74) is 2.69. The molecule has 1 saturated heterocycles. The molecule has 0 unspecified atom stereocenters. The Hall–Kier alpha value is -0.310. The zero-order valence-corrected chi connectivity index (χ0v) is 15.6. The standard InChI is InChI=1S/C18H27IO2/c1-5-8-16(13-15(4)10-6-9-14(2)3)21-18-17(19)11-7-12-20-18/h1,9,13,16-18H,6-8,10-12H2,2-4H3/b15-13+/t16-,17+,18-/m0/s1. The van der Waals surface area contributed by atoms with E-state index < -0.39 is 0 Å². The molecule has 1 fully saturated rings. The Labute approximate surface area is 143 Å². The molecule has 0 aromatic carbocycles. The van der Waals surface area contributed by atoms with Crippen molar-refractivity contribution in [2.75, 3.05) is 6.61 Å². The summed E-state index contributed by atoms with van der Waals surface area (Å²) in [5.74, 6) is 2.71. The van der Waals surface area contributed by atoms with Gasteiger partial charge in [0.15, 0.2) is 6.29 Å². The minimum absolute atomic E-state index is 0.0398. The summed E-state index contributed by atoms with van der Waals surface area (Å²) < 4.78 is 12.2. The van der Waals surface area contributed by atoms with E-state index in [1.54, 1.807) is 0 Å². The van der Waals surface area contributed by atoms with E-state index in [-0.39, 0.29) is 12.4 Å². The number of hydrogen-bond donors (Lipinski definition) is 0. The lowest BCUT2D eigenvalue weighted by molar-refractivity contribution is -0.170. The van der Waals surface area contributed by atoms with Crippen LogP contribution >= 0.6 is 22.6 Å². The third-order valence-electron chi connectivity index (χ3n) is 3.39. The second-order valence-corrected chi connectivity index (χ2v) is 7.41. The Morgan fingerprint density at radius 3 is 2.86 bits per heavy atom. The van der Waals surface area contributed by atoms with Crippen LogP contribution < -0.4 is 0 Å². The van der Waals surface area contributed by atoms with Gasteiger partial charge in [-0.1, -0.05) is 45.9 Å². The van der Waals surface area contributed by atoms with Crippen LogP contribution in [-0.4, -0.2) is 22.9 Å². The SMILES string of the molecule is C#CC[C@@H](/C=C(\C)CCC=C(C)C)O[C@@H]1OCCC[C@H]1I. The van der Waals surface area contributed by atoms with E-state index in [0.29, 0.717) is 10.3 Å². The molecular weight excluding hydrogens is 375 g/mol. The maximum absolute atomic E-state index is 6.08. The lowest BCUT2D eigenvalue weighted by Crippen LogP contribution is -2.35. The van der Waals surface area contributed by atoms with Gasteiger partial charge in [-0.25, -0.2) is 0 Å². The second kappa shape index (κ2) is 10.4. The molecule has 0 saturated carbocycles. The largest absolute Gasteiger partial charge is 0.352 e. The molecule has 2 nitrogen and oxygen atoms in total. The van der Waals surface area contributed by atoms with Crippen LogP contribution in [0.4, 0.5) is 0 Å². The number of allylic oxidation sites excluding steroid dienone is 3. The number of hydrogen-bond acceptors (Lipinski definition) is 2. The number of alkyl halides is 1. The third kappa shape index (κ3) is 8.04. The van der Waals surface area contributed by atoms with E-state index in [1.807, 2.05) is 0 Å². The topological polar surface area (TPSA) is 18.5 Å². The van der Waals surface area contributed by atoms with Crippen LogP contribution in [0.15, 0.2) is 23.3 Å². The molecule has 0 aromatic rings. The molecule has 21 heavy (non-hydrogen) atoms. The van der Waals surface area contributed by atoms with Gasteiger partial charge in [-0.2, -0.15) is 0 Å². The Balaban J connectivity index is 2.55. The van der Waals surface area contributed by atoms with E-state index in [9.17, 15) is 0 Å². The van der Waals surface area contributed by atoms with Gasteiger partial charge in [-0.15, -0.1) is 12.3 Å². The smallest absolute Gasteiger partial charge is 0.170 e. The average molecular weight is 402 g/mol. The summed E-state index contributed by atoms with van der Waals surface area (Å²) in [6, 6.07) is 0. The minimum atomic E-state index is -0.125. The molecule has 0 aromatic heterocycles. The first-order valence-electron chi connectivity index (χ1n) is 7.68. The molecule has 0 amide bonds. The molecule has 0 aliphatic carbocycles. The van der Waals surface area contributed by atoms with Crippen molar-refractivity contribution >= 4 is 22.6 Å². The zero-order valence-electron chi connectivity index (χ0n) is 13.4. The van der Waals surface area contributed by atoms with Gasteiger partial charge in [0.05, 0.1) is 10.0 Å². The number of terminal acetylenes is 1. The summed E-state index contributed by atoms with van der Waals surface area (Å²) in [6.45, 7) is 7.19. The Kier molecular flexibility index (Phi) is 9.30. The molecule has 1 heterocycles.